The van der Waals surface area contributed by atoms with E-state index in [1.807, 2.05) is 20.0 Å². The highest BCUT2D eigenvalue weighted by Crippen LogP contribution is 2.44. The van der Waals surface area contributed by atoms with Gasteiger partial charge in [0, 0.05) is 71.3 Å². The third-order valence-electron chi connectivity index (χ3n) is 9.53. The van der Waals surface area contributed by atoms with Crippen molar-refractivity contribution in [2.75, 3.05) is 20.2 Å². The van der Waals surface area contributed by atoms with Crippen LogP contribution < -0.4 is 0 Å². The van der Waals surface area contributed by atoms with Gasteiger partial charge >= 0.3 is 0 Å². The number of aliphatic hydroxyl groups is 1. The molecule has 43 heavy (non-hydrogen) atoms. The van der Waals surface area contributed by atoms with Crippen LogP contribution in [-0.4, -0.2) is 56.0 Å². The van der Waals surface area contributed by atoms with Crippen LogP contribution in [0.2, 0.25) is 0 Å². The summed E-state index contributed by atoms with van der Waals surface area (Å²) in [5.74, 6) is -0.345. The van der Waals surface area contributed by atoms with E-state index in [-0.39, 0.29) is 30.3 Å². The summed E-state index contributed by atoms with van der Waals surface area (Å²) in [6.07, 6.45) is 5.51. The largest absolute Gasteiger partial charge is 0.396 e. The lowest BCUT2D eigenvalue weighted by Crippen LogP contribution is -2.36. The second kappa shape index (κ2) is 12.0. The van der Waals surface area contributed by atoms with E-state index in [4.69, 9.17) is 9.97 Å². The predicted molar refractivity (Wildman–Crippen MR) is 178 cm³/mol. The van der Waals surface area contributed by atoms with E-state index in [1.165, 1.54) is 11.1 Å². The van der Waals surface area contributed by atoms with E-state index in [2.05, 4.69) is 82.4 Å². The predicted octanol–water partition coefficient (Wildman–Crippen LogP) is 7.37. The standard InChI is InChI=1S/C36H45N5O2/c1-10-25-21(5)30-18-33-26(11-2)20(4)29(38-33)17-31-22(6)34(24(8)36(43)41(9)13-12-14-42)35(40-31)23(7)28-15-19(3)27(37-28)16-32(25)39-30/h11,15-18,22,24,34,38-39,42H,2,10,12-14H2,1,3-9H3/t22-,24?,34+/m1/s1. The number of rotatable bonds is 7. The average molecular weight is 580 g/mol. The Morgan fingerprint density at radius 2 is 1.74 bits per heavy atom. The molecule has 7 nitrogen and oxygen atoms in total. The molecule has 7 heteroatoms. The van der Waals surface area contributed by atoms with Crippen LogP contribution >= 0.6 is 0 Å². The first-order chi connectivity index (χ1) is 20.5. The number of nitrogens with one attached hydrogen (secondary N) is 2. The molecule has 3 aromatic heterocycles. The molecule has 5 rings (SSSR count). The highest BCUT2D eigenvalue weighted by Gasteiger charge is 2.38. The van der Waals surface area contributed by atoms with Gasteiger partial charge in [0.2, 0.25) is 5.91 Å². The Morgan fingerprint density at radius 3 is 2.42 bits per heavy atom. The summed E-state index contributed by atoms with van der Waals surface area (Å²) < 4.78 is 0. The zero-order chi connectivity index (χ0) is 31.2. The number of fused-ring (bicyclic) bond motifs is 8. The van der Waals surface area contributed by atoms with Crippen LogP contribution in [0.3, 0.4) is 0 Å². The summed E-state index contributed by atoms with van der Waals surface area (Å²) in [6, 6.07) is 6.48. The maximum atomic E-state index is 13.6. The Morgan fingerprint density at radius 1 is 1.05 bits per heavy atom. The number of H-pyrrole nitrogens is 2. The summed E-state index contributed by atoms with van der Waals surface area (Å²) >= 11 is 0. The lowest BCUT2D eigenvalue weighted by Gasteiger charge is -2.28. The molecule has 226 valence electrons. The number of aromatic amines is 2. The average Bonchev–Trinajstić information content (AvgIpc) is 3.69. The summed E-state index contributed by atoms with van der Waals surface area (Å²) in [7, 11) is 1.82. The van der Waals surface area contributed by atoms with Crippen molar-refractivity contribution in [2.24, 2.45) is 5.92 Å². The molecule has 1 unspecified atom stereocenters. The van der Waals surface area contributed by atoms with Crippen molar-refractivity contribution in [3.05, 3.63) is 75.4 Å². The maximum absolute atomic E-state index is 13.6. The molecule has 0 aliphatic carbocycles. The van der Waals surface area contributed by atoms with Crippen LogP contribution in [0.4, 0.5) is 0 Å². The minimum Gasteiger partial charge on any atom is -0.396 e. The molecule has 0 saturated heterocycles. The molecule has 2 aliphatic rings. The van der Waals surface area contributed by atoms with E-state index in [0.717, 1.165) is 73.5 Å². The third-order valence-corrected chi connectivity index (χ3v) is 9.53. The van der Waals surface area contributed by atoms with Crippen molar-refractivity contribution in [1.82, 2.24) is 24.8 Å². The van der Waals surface area contributed by atoms with Crippen molar-refractivity contribution in [1.29, 1.82) is 0 Å². The maximum Gasteiger partial charge on any atom is 0.225 e. The lowest BCUT2D eigenvalue weighted by molar-refractivity contribution is -0.134. The SMILES string of the molecule is C=Cc1c(C)c2cc3nc(c(C)c4nc(cc5[nH]c(cc1[nH]2)c(C)c5CC)C(C)=C4)[C@H](C(C)C(=O)N(C)CCCO)[C@@H]3C. The smallest absolute Gasteiger partial charge is 0.225 e. The van der Waals surface area contributed by atoms with Crippen molar-refractivity contribution in [3.8, 4) is 0 Å². The molecule has 3 aromatic rings. The number of aryl methyl sites for hydroxylation is 3. The fourth-order valence-corrected chi connectivity index (χ4v) is 6.83. The first kappa shape index (κ1) is 30.5. The van der Waals surface area contributed by atoms with Gasteiger partial charge in [-0.1, -0.05) is 33.4 Å². The Balaban J connectivity index is 1.85. The highest BCUT2D eigenvalue weighted by atomic mass is 16.3. The zero-order valence-electron chi connectivity index (χ0n) is 26.9. The number of nitrogens with zero attached hydrogens (tertiary/aromatic N) is 3. The summed E-state index contributed by atoms with van der Waals surface area (Å²) in [6.45, 7) is 19.5. The van der Waals surface area contributed by atoms with Crippen LogP contribution in [0.1, 0.15) is 96.5 Å². The number of aliphatic hydroxyl groups excluding tert-OH is 1. The van der Waals surface area contributed by atoms with E-state index >= 15 is 0 Å². The van der Waals surface area contributed by atoms with Gasteiger partial charge in [0.15, 0.2) is 0 Å². The minimum absolute atomic E-state index is 0.00938. The summed E-state index contributed by atoms with van der Waals surface area (Å²) in [4.78, 5) is 33.1. The molecule has 8 bridgehead atoms. The first-order valence-electron chi connectivity index (χ1n) is 15.4. The first-order valence-corrected chi connectivity index (χ1v) is 15.4. The van der Waals surface area contributed by atoms with Gasteiger partial charge in [-0.3, -0.25) is 9.78 Å². The Hall–Kier alpha value is -3.97. The van der Waals surface area contributed by atoms with Crippen LogP contribution in [-0.2, 0) is 11.2 Å². The molecular weight excluding hydrogens is 534 g/mol. The van der Waals surface area contributed by atoms with Gasteiger partial charge in [-0.25, -0.2) is 4.98 Å². The van der Waals surface area contributed by atoms with Crippen LogP contribution in [0.15, 0.2) is 24.8 Å². The van der Waals surface area contributed by atoms with Crippen LogP contribution in [0.25, 0.3) is 39.8 Å². The van der Waals surface area contributed by atoms with Crippen LogP contribution in [0.5, 0.6) is 0 Å². The van der Waals surface area contributed by atoms with E-state index in [9.17, 15) is 9.90 Å². The monoisotopic (exact) mass is 579 g/mol. The molecule has 2 aliphatic heterocycles. The van der Waals surface area contributed by atoms with Gasteiger partial charge in [0.25, 0.3) is 0 Å². The number of hydrogen-bond acceptors (Lipinski definition) is 4. The van der Waals surface area contributed by atoms with Gasteiger partial charge in [-0.2, -0.15) is 0 Å². The number of aromatic nitrogens is 4. The lowest BCUT2D eigenvalue weighted by atomic mass is 9.79. The molecular formula is C36H45N5O2. The van der Waals surface area contributed by atoms with Gasteiger partial charge in [-0.05, 0) is 92.6 Å². The van der Waals surface area contributed by atoms with Gasteiger partial charge in [0.1, 0.15) is 0 Å². The molecule has 0 radical (unpaired) electrons. The van der Waals surface area contributed by atoms with Crippen molar-refractivity contribution in [3.63, 3.8) is 0 Å². The minimum atomic E-state index is -0.299. The number of hydrogen-bond donors (Lipinski definition) is 3. The van der Waals surface area contributed by atoms with E-state index in [1.54, 1.807) is 4.90 Å². The molecule has 0 spiro atoms. The van der Waals surface area contributed by atoms with Crippen LogP contribution in [0, 0.1) is 26.7 Å². The second-order valence-corrected chi connectivity index (χ2v) is 12.2. The highest BCUT2D eigenvalue weighted by molar-refractivity contribution is 5.87. The number of carbonyl (C=O) groups excluding carboxylic acids is 1. The molecule has 0 aromatic carbocycles. The number of allylic oxidation sites excluding steroid dienone is 1. The van der Waals surface area contributed by atoms with Gasteiger partial charge < -0.3 is 20.0 Å². The van der Waals surface area contributed by atoms with Gasteiger partial charge in [-0.15, -0.1) is 0 Å². The molecule has 3 atom stereocenters. The molecule has 0 saturated carbocycles. The number of amides is 1. The van der Waals surface area contributed by atoms with E-state index in [0.29, 0.717) is 13.0 Å². The third kappa shape index (κ3) is 5.35. The Labute approximate surface area is 254 Å². The van der Waals surface area contributed by atoms with Crippen molar-refractivity contribution < 1.29 is 9.90 Å². The molecule has 5 heterocycles. The molecule has 1 amide bonds. The Kier molecular flexibility index (Phi) is 8.48. The van der Waals surface area contributed by atoms with Crippen molar-refractivity contribution >= 4 is 45.7 Å². The fourth-order valence-electron chi connectivity index (χ4n) is 6.83. The fraction of sp³-hybridized carbons (Fsp3) is 0.417. The van der Waals surface area contributed by atoms with Gasteiger partial charge in [0.05, 0.1) is 17.1 Å². The quantitative estimate of drug-likeness (QED) is 0.272. The molecule has 3 N–H and O–H groups in total. The van der Waals surface area contributed by atoms with Crippen molar-refractivity contribution in [2.45, 2.75) is 73.1 Å². The Bertz CT molecular complexity index is 1790. The number of carbonyl (C=O) groups is 1. The van der Waals surface area contributed by atoms with E-state index < -0.39 is 0 Å². The zero-order valence-corrected chi connectivity index (χ0v) is 26.9. The molecule has 0 fully saturated rings. The normalized spacial score (nSPS) is 17.1. The second-order valence-electron chi connectivity index (χ2n) is 12.2. The topological polar surface area (TPSA) is 97.9 Å². The summed E-state index contributed by atoms with van der Waals surface area (Å²) in [5.41, 5.74) is 14.6. The summed E-state index contributed by atoms with van der Waals surface area (Å²) in [5, 5.41) is 9.33.